The van der Waals surface area contributed by atoms with Crippen molar-refractivity contribution in [3.8, 4) is 5.75 Å². The van der Waals surface area contributed by atoms with Gasteiger partial charge in [0.1, 0.15) is 5.75 Å². The van der Waals surface area contributed by atoms with E-state index in [0.717, 1.165) is 19.6 Å². The van der Waals surface area contributed by atoms with Crippen LogP contribution in [0.2, 0.25) is 10.0 Å². The van der Waals surface area contributed by atoms with Crippen LogP contribution in [-0.4, -0.2) is 54.5 Å². The highest BCUT2D eigenvalue weighted by molar-refractivity contribution is 6.35. The predicted octanol–water partition coefficient (Wildman–Crippen LogP) is 3.09. The van der Waals surface area contributed by atoms with Crippen molar-refractivity contribution in [3.63, 3.8) is 0 Å². The summed E-state index contributed by atoms with van der Waals surface area (Å²) >= 11 is 11.9. The predicted molar refractivity (Wildman–Crippen MR) is 89.8 cm³/mol. The second kappa shape index (κ2) is 7.86. The molecule has 1 fully saturated rings. The fourth-order valence-corrected chi connectivity index (χ4v) is 2.86. The smallest absolute Gasteiger partial charge is 0.263 e. The van der Waals surface area contributed by atoms with Crippen LogP contribution in [0.1, 0.15) is 6.92 Å². The topological polar surface area (TPSA) is 32.8 Å². The summed E-state index contributed by atoms with van der Waals surface area (Å²) in [6, 6.07) is 4.97. The van der Waals surface area contributed by atoms with Gasteiger partial charge in [0.15, 0.2) is 6.10 Å². The molecule has 1 saturated heterocycles. The molecule has 22 heavy (non-hydrogen) atoms. The summed E-state index contributed by atoms with van der Waals surface area (Å²) < 4.78 is 5.68. The lowest BCUT2D eigenvalue weighted by molar-refractivity contribution is -0.139. The quantitative estimate of drug-likeness (QED) is 0.771. The Balaban J connectivity index is 1.91. The molecule has 1 heterocycles. The maximum absolute atomic E-state index is 12.4. The van der Waals surface area contributed by atoms with Crippen molar-refractivity contribution in [2.24, 2.45) is 0 Å². The molecule has 120 valence electrons. The van der Waals surface area contributed by atoms with E-state index in [2.05, 4.69) is 11.5 Å². The zero-order valence-electron chi connectivity index (χ0n) is 12.6. The van der Waals surface area contributed by atoms with Gasteiger partial charge in [-0.1, -0.05) is 29.3 Å². The van der Waals surface area contributed by atoms with E-state index in [4.69, 9.17) is 27.9 Å². The van der Waals surface area contributed by atoms with Gasteiger partial charge in [0.05, 0.1) is 5.02 Å². The van der Waals surface area contributed by atoms with Crippen molar-refractivity contribution in [1.82, 2.24) is 9.80 Å². The highest BCUT2D eigenvalue weighted by Crippen LogP contribution is 2.28. The van der Waals surface area contributed by atoms with Gasteiger partial charge in [0.25, 0.3) is 5.91 Å². The summed E-state index contributed by atoms with van der Waals surface area (Å²) in [7, 11) is 0. The molecular weight excluding hydrogens is 323 g/mol. The number of ether oxygens (including phenoxy) is 1. The lowest BCUT2D eigenvalue weighted by atomic mass is 10.2. The number of carbonyl (C=O) groups excluding carboxylic acids is 1. The number of piperazine rings is 1. The van der Waals surface area contributed by atoms with E-state index < -0.39 is 6.10 Å². The number of hydrogen-bond acceptors (Lipinski definition) is 3. The summed E-state index contributed by atoms with van der Waals surface area (Å²) in [6.45, 7) is 9.44. The van der Waals surface area contributed by atoms with Crippen molar-refractivity contribution in [2.45, 2.75) is 13.0 Å². The van der Waals surface area contributed by atoms with Crippen LogP contribution in [0.3, 0.4) is 0 Å². The fourth-order valence-electron chi connectivity index (χ4n) is 2.40. The van der Waals surface area contributed by atoms with Gasteiger partial charge in [-0.3, -0.25) is 9.69 Å². The molecule has 0 aliphatic carbocycles. The number of amides is 1. The number of rotatable bonds is 5. The van der Waals surface area contributed by atoms with E-state index in [-0.39, 0.29) is 5.91 Å². The minimum atomic E-state index is -0.579. The number of hydrogen-bond donors (Lipinski definition) is 0. The van der Waals surface area contributed by atoms with E-state index in [1.807, 2.05) is 11.0 Å². The molecule has 0 radical (unpaired) electrons. The molecule has 0 unspecified atom stereocenters. The van der Waals surface area contributed by atoms with E-state index in [0.29, 0.717) is 28.9 Å². The lowest BCUT2D eigenvalue weighted by Gasteiger charge is -2.35. The molecular formula is C16H20Cl2N2O2. The minimum Gasteiger partial charge on any atom is -0.479 e. The molecule has 0 saturated carbocycles. The van der Waals surface area contributed by atoms with E-state index >= 15 is 0 Å². The van der Waals surface area contributed by atoms with E-state index in [1.54, 1.807) is 25.1 Å². The summed E-state index contributed by atoms with van der Waals surface area (Å²) in [6.07, 6.45) is 1.30. The molecule has 0 N–H and O–H groups in total. The van der Waals surface area contributed by atoms with Crippen LogP contribution in [-0.2, 0) is 4.79 Å². The van der Waals surface area contributed by atoms with Gasteiger partial charge in [0.2, 0.25) is 0 Å². The van der Waals surface area contributed by atoms with Gasteiger partial charge in [-0.2, -0.15) is 0 Å². The van der Waals surface area contributed by atoms with Crippen LogP contribution in [0.4, 0.5) is 0 Å². The normalized spacial score (nSPS) is 17.1. The van der Waals surface area contributed by atoms with Gasteiger partial charge in [0, 0.05) is 37.7 Å². The number of benzene rings is 1. The molecule has 1 aliphatic heterocycles. The fraction of sp³-hybridized carbons (Fsp3) is 0.438. The second-order valence-electron chi connectivity index (χ2n) is 5.25. The van der Waals surface area contributed by atoms with Crippen molar-refractivity contribution in [2.75, 3.05) is 32.7 Å². The molecule has 1 amide bonds. The van der Waals surface area contributed by atoms with Crippen LogP contribution < -0.4 is 4.74 Å². The molecule has 0 spiro atoms. The first-order chi connectivity index (χ1) is 10.5. The van der Waals surface area contributed by atoms with Gasteiger partial charge >= 0.3 is 0 Å². The second-order valence-corrected chi connectivity index (χ2v) is 6.09. The largest absolute Gasteiger partial charge is 0.479 e. The zero-order valence-corrected chi connectivity index (χ0v) is 14.1. The van der Waals surface area contributed by atoms with Crippen molar-refractivity contribution >= 4 is 29.1 Å². The summed E-state index contributed by atoms with van der Waals surface area (Å²) in [5.74, 6) is 0.446. The molecule has 6 heteroatoms. The minimum absolute atomic E-state index is 0.0238. The molecule has 1 aliphatic rings. The highest BCUT2D eigenvalue weighted by atomic mass is 35.5. The van der Waals surface area contributed by atoms with Gasteiger partial charge in [-0.25, -0.2) is 0 Å². The monoisotopic (exact) mass is 342 g/mol. The molecule has 4 nitrogen and oxygen atoms in total. The third-order valence-electron chi connectivity index (χ3n) is 3.62. The molecule has 0 bridgehead atoms. The Kier molecular flexibility index (Phi) is 6.12. The summed E-state index contributed by atoms with van der Waals surface area (Å²) in [5.41, 5.74) is 0. The maximum Gasteiger partial charge on any atom is 0.263 e. The molecule has 1 aromatic carbocycles. The van der Waals surface area contributed by atoms with Crippen LogP contribution in [0.25, 0.3) is 0 Å². The Hall–Kier alpha value is -1.23. The first kappa shape index (κ1) is 17.1. The van der Waals surface area contributed by atoms with E-state index in [1.165, 1.54) is 0 Å². The van der Waals surface area contributed by atoms with Crippen LogP contribution >= 0.6 is 23.2 Å². The van der Waals surface area contributed by atoms with Crippen LogP contribution in [0.15, 0.2) is 30.9 Å². The standard InChI is InChI=1S/C16H20Cl2N2O2/c1-3-6-19-7-9-20(10-8-19)16(21)12(2)22-15-5-4-13(17)11-14(15)18/h3-5,11-12H,1,6-10H2,2H3/t12-/m1/s1. The zero-order chi connectivity index (χ0) is 16.1. The maximum atomic E-state index is 12.4. The average Bonchev–Trinajstić information content (AvgIpc) is 2.50. The lowest BCUT2D eigenvalue weighted by Crippen LogP contribution is -2.51. The third kappa shape index (κ3) is 4.38. The van der Waals surface area contributed by atoms with Crippen LogP contribution in [0.5, 0.6) is 5.75 Å². The Morgan fingerprint density at radius 1 is 1.36 bits per heavy atom. The first-order valence-corrected chi connectivity index (χ1v) is 8.00. The van der Waals surface area contributed by atoms with Gasteiger partial charge in [-0.15, -0.1) is 6.58 Å². The van der Waals surface area contributed by atoms with Crippen molar-refractivity contribution in [1.29, 1.82) is 0 Å². The highest BCUT2D eigenvalue weighted by Gasteiger charge is 2.26. The first-order valence-electron chi connectivity index (χ1n) is 7.25. The number of carbonyl (C=O) groups is 1. The average molecular weight is 343 g/mol. The number of halogens is 2. The SMILES string of the molecule is C=CCN1CCN(C(=O)[C@@H](C)Oc2ccc(Cl)cc2Cl)CC1. The molecule has 2 rings (SSSR count). The van der Waals surface area contributed by atoms with Crippen molar-refractivity contribution < 1.29 is 9.53 Å². The summed E-state index contributed by atoms with van der Waals surface area (Å²) in [5, 5.41) is 0.942. The molecule has 1 aromatic rings. The number of nitrogens with zero attached hydrogens (tertiary/aromatic N) is 2. The molecule has 0 aromatic heterocycles. The Bertz CT molecular complexity index is 543. The Morgan fingerprint density at radius 3 is 2.64 bits per heavy atom. The van der Waals surface area contributed by atoms with Gasteiger partial charge < -0.3 is 9.64 Å². The third-order valence-corrected chi connectivity index (χ3v) is 4.15. The Labute approximate surface area is 141 Å². The molecule has 1 atom stereocenters. The van der Waals surface area contributed by atoms with E-state index in [9.17, 15) is 4.79 Å². The van der Waals surface area contributed by atoms with Gasteiger partial charge in [-0.05, 0) is 25.1 Å². The summed E-state index contributed by atoms with van der Waals surface area (Å²) in [4.78, 5) is 16.5. The Morgan fingerprint density at radius 2 is 2.05 bits per heavy atom. The van der Waals surface area contributed by atoms with Crippen molar-refractivity contribution in [3.05, 3.63) is 40.9 Å². The van der Waals surface area contributed by atoms with Crippen LogP contribution in [0, 0.1) is 0 Å².